The first kappa shape index (κ1) is 22.2. The summed E-state index contributed by atoms with van der Waals surface area (Å²) in [6.45, 7) is 6.44. The van der Waals surface area contributed by atoms with Crippen LogP contribution in [-0.2, 0) is 23.9 Å². The summed E-state index contributed by atoms with van der Waals surface area (Å²) in [5.41, 5.74) is 4.25. The van der Waals surface area contributed by atoms with E-state index < -0.39 is 0 Å². The van der Waals surface area contributed by atoms with Crippen molar-refractivity contribution in [2.24, 2.45) is 0 Å². The SMILES string of the molecule is Cc1cc[c-](C)c1C.[CH2]=[Hf+2].[Cl-].[Cl-].c1cc[cH-]c1. The fraction of sp³-hybridized carbons (Fsp3) is 0.214. The quantitative estimate of drug-likeness (QED) is 0.323. The number of hydrogen-bond acceptors (Lipinski definition) is 0. The Hall–Kier alpha value is 0.0201. The fourth-order valence-corrected chi connectivity index (χ4v) is 1.13. The van der Waals surface area contributed by atoms with Crippen LogP contribution in [0.5, 0.6) is 0 Å². The van der Waals surface area contributed by atoms with Gasteiger partial charge in [-0.25, -0.2) is 18.2 Å². The Morgan fingerprint density at radius 1 is 1.12 bits per heavy atom. The second kappa shape index (κ2) is 14.1. The average molecular weight is 436 g/mol. The van der Waals surface area contributed by atoms with Gasteiger partial charge in [-0.1, -0.05) is 20.8 Å². The van der Waals surface area contributed by atoms with Gasteiger partial charge in [0.2, 0.25) is 0 Å². The molecular weight excluding hydrogens is 418 g/mol. The maximum atomic E-state index is 3.39. The van der Waals surface area contributed by atoms with E-state index in [0.717, 1.165) is 23.9 Å². The summed E-state index contributed by atoms with van der Waals surface area (Å²) in [6, 6.07) is 14.3. The van der Waals surface area contributed by atoms with E-state index in [-0.39, 0.29) is 24.8 Å². The molecule has 0 saturated carbocycles. The molecule has 0 aliphatic heterocycles. The van der Waals surface area contributed by atoms with E-state index in [1.165, 1.54) is 16.7 Å². The maximum absolute atomic E-state index is 3.39. The summed E-state index contributed by atoms with van der Waals surface area (Å²) >= 11 is 1.06. The van der Waals surface area contributed by atoms with Crippen LogP contribution in [0.3, 0.4) is 0 Å². The summed E-state index contributed by atoms with van der Waals surface area (Å²) in [5, 5.41) is 0. The van der Waals surface area contributed by atoms with Gasteiger partial charge in [0.25, 0.3) is 0 Å². The summed E-state index contributed by atoms with van der Waals surface area (Å²) < 4.78 is 3.39. The normalized spacial score (nSPS) is 7.35. The van der Waals surface area contributed by atoms with Crippen LogP contribution in [0.2, 0.25) is 0 Å². The van der Waals surface area contributed by atoms with Crippen molar-refractivity contribution < 1.29 is 48.7 Å². The topological polar surface area (TPSA) is 0 Å². The molecule has 0 N–H and O–H groups in total. The first-order valence-electron chi connectivity index (χ1n) is 4.93. The molecule has 2 aromatic rings. The molecule has 0 bridgehead atoms. The van der Waals surface area contributed by atoms with Gasteiger partial charge in [0.05, 0.1) is 0 Å². The van der Waals surface area contributed by atoms with Crippen LogP contribution in [0.1, 0.15) is 16.7 Å². The predicted octanol–water partition coefficient (Wildman–Crippen LogP) is -2.29. The summed E-state index contributed by atoms with van der Waals surface area (Å²) in [7, 11) is 0. The van der Waals surface area contributed by atoms with E-state index in [9.17, 15) is 0 Å². The van der Waals surface area contributed by atoms with Crippen molar-refractivity contribution in [2.45, 2.75) is 20.8 Å². The number of halogens is 2. The molecule has 0 aliphatic rings. The third kappa shape index (κ3) is 9.70. The molecule has 2 aromatic carbocycles. The Morgan fingerprint density at radius 3 is 1.71 bits per heavy atom. The molecule has 0 radical (unpaired) electrons. The molecule has 3 heteroatoms. The van der Waals surface area contributed by atoms with E-state index in [1.54, 1.807) is 0 Å². The van der Waals surface area contributed by atoms with E-state index in [4.69, 9.17) is 0 Å². The second-order valence-electron chi connectivity index (χ2n) is 3.29. The minimum absolute atomic E-state index is 0. The minimum atomic E-state index is 0. The zero-order valence-electron chi connectivity index (χ0n) is 10.5. The summed E-state index contributed by atoms with van der Waals surface area (Å²) in [6.07, 6.45) is 0. The Kier molecular flexibility index (Phi) is 18.4. The van der Waals surface area contributed by atoms with Crippen LogP contribution in [0, 0.1) is 20.8 Å². The van der Waals surface area contributed by atoms with E-state index >= 15 is 0 Å². The maximum Gasteiger partial charge on any atom is -0.172 e. The zero-order valence-corrected chi connectivity index (χ0v) is 15.6. The van der Waals surface area contributed by atoms with Crippen molar-refractivity contribution in [2.75, 3.05) is 0 Å². The molecule has 2 rings (SSSR count). The van der Waals surface area contributed by atoms with Crippen LogP contribution in [0.4, 0.5) is 0 Å². The molecule has 0 spiro atoms. The third-order valence-electron chi connectivity index (χ3n) is 2.32. The second-order valence-corrected chi connectivity index (χ2v) is 3.29. The van der Waals surface area contributed by atoms with Crippen LogP contribution < -0.4 is 24.8 Å². The van der Waals surface area contributed by atoms with Crippen molar-refractivity contribution in [3.8, 4) is 0 Å². The van der Waals surface area contributed by atoms with Gasteiger partial charge in [-0.15, -0.1) is 0 Å². The van der Waals surface area contributed by atoms with Crippen molar-refractivity contribution in [3.05, 3.63) is 59.2 Å². The Bertz CT molecular complexity index is 313. The number of rotatable bonds is 0. The molecule has 0 aliphatic carbocycles. The van der Waals surface area contributed by atoms with E-state index in [0.29, 0.717) is 0 Å². The molecule has 0 aromatic heterocycles. The van der Waals surface area contributed by atoms with Gasteiger partial charge in [0.15, 0.2) is 0 Å². The van der Waals surface area contributed by atoms with Crippen molar-refractivity contribution >= 4 is 4.26 Å². The van der Waals surface area contributed by atoms with Crippen molar-refractivity contribution in [3.63, 3.8) is 0 Å². The standard InChI is InChI=1S/C8H11.C5H5.CH2.2ClH.Hf/c1-6-4-5-7(2)8(6)3;1-2-4-5-3-1;;;;/h4-5H,1-3H3;1-5H;1H2;2*1H;/q2*-1;;;;+2/p-2. The molecular formula is C14H18Cl2Hf-2. The van der Waals surface area contributed by atoms with Crippen LogP contribution >= 0.6 is 0 Å². The molecule has 0 fully saturated rings. The van der Waals surface area contributed by atoms with Crippen LogP contribution in [0.15, 0.2) is 42.5 Å². The van der Waals surface area contributed by atoms with Gasteiger partial charge in [0.1, 0.15) is 0 Å². The molecule has 0 heterocycles. The van der Waals surface area contributed by atoms with Crippen LogP contribution in [-0.4, -0.2) is 4.26 Å². The van der Waals surface area contributed by atoms with E-state index in [1.807, 2.05) is 30.3 Å². The van der Waals surface area contributed by atoms with E-state index in [2.05, 4.69) is 37.2 Å². The zero-order chi connectivity index (χ0) is 11.7. The Balaban J connectivity index is -0.000000192. The van der Waals surface area contributed by atoms with Gasteiger partial charge in [-0.3, -0.25) is 0 Å². The number of aryl methyl sites for hydroxylation is 2. The Morgan fingerprint density at radius 2 is 1.59 bits per heavy atom. The molecule has 94 valence electrons. The molecule has 17 heavy (non-hydrogen) atoms. The molecule has 0 atom stereocenters. The molecule has 0 saturated heterocycles. The average Bonchev–Trinajstić information content (AvgIpc) is 2.92. The predicted molar refractivity (Wildman–Crippen MR) is 65.4 cm³/mol. The van der Waals surface area contributed by atoms with Crippen molar-refractivity contribution in [1.29, 1.82) is 0 Å². The van der Waals surface area contributed by atoms with Gasteiger partial charge >= 0.3 is 28.2 Å². The minimum Gasteiger partial charge on any atom is -1.00 e. The van der Waals surface area contributed by atoms with Gasteiger partial charge in [-0.2, -0.15) is 41.0 Å². The van der Waals surface area contributed by atoms with Crippen molar-refractivity contribution in [1.82, 2.24) is 0 Å². The first-order chi connectivity index (χ1) is 7.22. The van der Waals surface area contributed by atoms with Crippen LogP contribution in [0.25, 0.3) is 0 Å². The van der Waals surface area contributed by atoms with Gasteiger partial charge < -0.3 is 24.8 Å². The van der Waals surface area contributed by atoms with Gasteiger partial charge in [-0.05, 0) is 0 Å². The monoisotopic (exact) mass is 436 g/mol. The van der Waals surface area contributed by atoms with Gasteiger partial charge in [0, 0.05) is 0 Å². The smallest absolute Gasteiger partial charge is 0.172 e. The third-order valence-corrected chi connectivity index (χ3v) is 2.32. The molecule has 0 unspecified atom stereocenters. The number of hydrogen-bond donors (Lipinski definition) is 0. The molecule has 0 nitrogen and oxygen atoms in total. The fourth-order valence-electron chi connectivity index (χ4n) is 1.13. The summed E-state index contributed by atoms with van der Waals surface area (Å²) in [5.74, 6) is 0. The molecule has 0 amide bonds. The first-order valence-corrected chi connectivity index (χ1v) is 7.47. The summed E-state index contributed by atoms with van der Waals surface area (Å²) in [4.78, 5) is 0. The largest absolute Gasteiger partial charge is 1.00 e. The Labute approximate surface area is 132 Å².